The Morgan fingerprint density at radius 3 is 2.88 bits per heavy atom. The molecule has 1 aromatic carbocycles. The lowest BCUT2D eigenvalue weighted by molar-refractivity contribution is 0.237. The highest BCUT2D eigenvalue weighted by molar-refractivity contribution is 9.10. The average molecular weight is 283 g/mol. The number of urea groups is 1. The molecule has 1 aromatic rings. The molecule has 2 amide bonds. The van der Waals surface area contributed by atoms with E-state index in [0.717, 1.165) is 22.9 Å². The molecule has 0 bridgehead atoms. The van der Waals surface area contributed by atoms with Crippen LogP contribution in [0, 0.1) is 0 Å². The predicted molar refractivity (Wildman–Crippen MR) is 67.2 cm³/mol. The van der Waals surface area contributed by atoms with E-state index in [0.29, 0.717) is 6.04 Å². The third-order valence-electron chi connectivity index (χ3n) is 2.61. The summed E-state index contributed by atoms with van der Waals surface area (Å²) in [4.78, 5) is 11.5. The third-order valence-corrected chi connectivity index (χ3v) is 3.10. The van der Waals surface area contributed by atoms with Crippen LogP contribution >= 0.6 is 15.9 Å². The molecule has 0 heterocycles. The lowest BCUT2D eigenvalue weighted by Crippen LogP contribution is -2.38. The van der Waals surface area contributed by atoms with Crippen LogP contribution in [0.2, 0.25) is 0 Å². The Labute approximate surface area is 104 Å². The number of carbonyl (C=O) groups excluding carboxylic acids is 1. The molecule has 1 fully saturated rings. The maximum atomic E-state index is 11.5. The summed E-state index contributed by atoms with van der Waals surface area (Å²) >= 11 is 3.42. The first-order valence-electron chi connectivity index (χ1n) is 5.47. The standard InChI is InChI=1S/C12H15BrN2O/c1-8(9-3-2-4-10(13)7-9)14-12(16)15-11-5-6-11/h2-4,7-8,11H,5-6H2,1H3,(H2,14,15,16). The number of nitrogens with one attached hydrogen (secondary N) is 2. The molecule has 3 nitrogen and oxygen atoms in total. The van der Waals surface area contributed by atoms with Gasteiger partial charge in [-0.1, -0.05) is 28.1 Å². The Hall–Kier alpha value is -1.03. The number of hydrogen-bond donors (Lipinski definition) is 2. The quantitative estimate of drug-likeness (QED) is 0.879. The Morgan fingerprint density at radius 2 is 2.25 bits per heavy atom. The van der Waals surface area contributed by atoms with Crippen LogP contribution in [0.25, 0.3) is 0 Å². The van der Waals surface area contributed by atoms with Gasteiger partial charge >= 0.3 is 6.03 Å². The SMILES string of the molecule is CC(NC(=O)NC1CC1)c1cccc(Br)c1. The zero-order valence-corrected chi connectivity index (χ0v) is 10.8. The molecule has 0 spiro atoms. The summed E-state index contributed by atoms with van der Waals surface area (Å²) < 4.78 is 1.03. The highest BCUT2D eigenvalue weighted by atomic mass is 79.9. The minimum atomic E-state index is -0.0741. The first-order valence-corrected chi connectivity index (χ1v) is 6.27. The van der Waals surface area contributed by atoms with Crippen molar-refractivity contribution >= 4 is 22.0 Å². The Kier molecular flexibility index (Phi) is 3.49. The van der Waals surface area contributed by atoms with E-state index < -0.39 is 0 Å². The molecule has 1 aliphatic rings. The summed E-state index contributed by atoms with van der Waals surface area (Å²) in [7, 11) is 0. The van der Waals surface area contributed by atoms with Gasteiger partial charge in [-0.2, -0.15) is 0 Å². The number of halogens is 1. The molecule has 2 N–H and O–H groups in total. The van der Waals surface area contributed by atoms with Gasteiger partial charge in [0.25, 0.3) is 0 Å². The van der Waals surface area contributed by atoms with Gasteiger partial charge in [0.2, 0.25) is 0 Å². The molecule has 16 heavy (non-hydrogen) atoms. The first kappa shape index (κ1) is 11.5. The van der Waals surface area contributed by atoms with Crippen LogP contribution in [0.15, 0.2) is 28.7 Å². The topological polar surface area (TPSA) is 41.1 Å². The van der Waals surface area contributed by atoms with Crippen LogP contribution in [0.3, 0.4) is 0 Å². The van der Waals surface area contributed by atoms with Gasteiger partial charge in [0.05, 0.1) is 6.04 Å². The van der Waals surface area contributed by atoms with Crippen LogP contribution in [-0.4, -0.2) is 12.1 Å². The maximum absolute atomic E-state index is 11.5. The highest BCUT2D eigenvalue weighted by Gasteiger charge is 2.23. The van der Waals surface area contributed by atoms with E-state index in [-0.39, 0.29) is 12.1 Å². The van der Waals surface area contributed by atoms with Gasteiger partial charge in [-0.3, -0.25) is 0 Å². The molecular weight excluding hydrogens is 268 g/mol. The molecule has 4 heteroatoms. The fourth-order valence-electron chi connectivity index (χ4n) is 1.51. The van der Waals surface area contributed by atoms with Gasteiger partial charge in [-0.25, -0.2) is 4.79 Å². The second kappa shape index (κ2) is 4.87. The molecule has 0 aromatic heterocycles. The summed E-state index contributed by atoms with van der Waals surface area (Å²) in [6, 6.07) is 8.31. The zero-order valence-electron chi connectivity index (χ0n) is 9.16. The second-order valence-electron chi connectivity index (χ2n) is 4.17. The van der Waals surface area contributed by atoms with Crippen molar-refractivity contribution in [3.05, 3.63) is 34.3 Å². The van der Waals surface area contributed by atoms with Gasteiger partial charge in [0.15, 0.2) is 0 Å². The van der Waals surface area contributed by atoms with E-state index in [9.17, 15) is 4.79 Å². The number of rotatable bonds is 3. The number of benzene rings is 1. The van der Waals surface area contributed by atoms with Gasteiger partial charge in [0.1, 0.15) is 0 Å². The van der Waals surface area contributed by atoms with Gasteiger partial charge < -0.3 is 10.6 Å². The number of hydrogen-bond acceptors (Lipinski definition) is 1. The Morgan fingerprint density at radius 1 is 1.50 bits per heavy atom. The largest absolute Gasteiger partial charge is 0.335 e. The second-order valence-corrected chi connectivity index (χ2v) is 5.08. The van der Waals surface area contributed by atoms with E-state index in [1.165, 1.54) is 0 Å². The average Bonchev–Trinajstić information content (AvgIpc) is 3.01. The van der Waals surface area contributed by atoms with Crippen LogP contribution < -0.4 is 10.6 Å². The van der Waals surface area contributed by atoms with E-state index in [4.69, 9.17) is 0 Å². The number of amides is 2. The molecular formula is C12H15BrN2O. The van der Waals surface area contributed by atoms with Crippen LogP contribution in [0.5, 0.6) is 0 Å². The summed E-state index contributed by atoms with van der Waals surface area (Å²) in [5.74, 6) is 0. The summed E-state index contributed by atoms with van der Waals surface area (Å²) in [5, 5.41) is 5.83. The highest BCUT2D eigenvalue weighted by Crippen LogP contribution is 2.20. The smallest absolute Gasteiger partial charge is 0.315 e. The van der Waals surface area contributed by atoms with Crippen molar-refractivity contribution < 1.29 is 4.79 Å². The summed E-state index contributed by atoms with van der Waals surface area (Å²) in [6.07, 6.45) is 2.22. The van der Waals surface area contributed by atoms with Crippen molar-refractivity contribution in [2.24, 2.45) is 0 Å². The summed E-state index contributed by atoms with van der Waals surface area (Å²) in [5.41, 5.74) is 1.10. The monoisotopic (exact) mass is 282 g/mol. The molecule has 0 saturated heterocycles. The van der Waals surface area contributed by atoms with Crippen molar-refractivity contribution in [2.75, 3.05) is 0 Å². The fraction of sp³-hybridized carbons (Fsp3) is 0.417. The molecule has 1 unspecified atom stereocenters. The molecule has 2 rings (SSSR count). The van der Waals surface area contributed by atoms with Crippen molar-refractivity contribution in [3.8, 4) is 0 Å². The lowest BCUT2D eigenvalue weighted by atomic mass is 10.1. The molecule has 1 saturated carbocycles. The fourth-order valence-corrected chi connectivity index (χ4v) is 1.93. The molecule has 0 aliphatic heterocycles. The zero-order chi connectivity index (χ0) is 11.5. The molecule has 1 atom stereocenters. The normalized spacial score (nSPS) is 16.6. The first-order chi connectivity index (χ1) is 7.65. The molecule has 86 valence electrons. The van der Waals surface area contributed by atoms with E-state index in [1.54, 1.807) is 0 Å². The Bertz CT molecular complexity index is 390. The minimum absolute atomic E-state index is 0.0243. The minimum Gasteiger partial charge on any atom is -0.335 e. The van der Waals surface area contributed by atoms with Crippen LogP contribution in [0.1, 0.15) is 31.4 Å². The maximum Gasteiger partial charge on any atom is 0.315 e. The summed E-state index contributed by atoms with van der Waals surface area (Å²) in [6.45, 7) is 1.98. The lowest BCUT2D eigenvalue weighted by Gasteiger charge is -2.15. The van der Waals surface area contributed by atoms with Crippen molar-refractivity contribution in [2.45, 2.75) is 31.8 Å². The van der Waals surface area contributed by atoms with Crippen molar-refractivity contribution in [1.82, 2.24) is 10.6 Å². The van der Waals surface area contributed by atoms with E-state index in [1.807, 2.05) is 31.2 Å². The Balaban J connectivity index is 1.91. The van der Waals surface area contributed by atoms with Crippen molar-refractivity contribution in [1.29, 1.82) is 0 Å². The third kappa shape index (κ3) is 3.23. The van der Waals surface area contributed by atoms with Gasteiger partial charge in [0, 0.05) is 10.5 Å². The number of carbonyl (C=O) groups is 1. The van der Waals surface area contributed by atoms with Gasteiger partial charge in [-0.05, 0) is 37.5 Å². The van der Waals surface area contributed by atoms with E-state index >= 15 is 0 Å². The predicted octanol–water partition coefficient (Wildman–Crippen LogP) is 2.97. The molecule has 0 radical (unpaired) electrons. The van der Waals surface area contributed by atoms with Crippen LogP contribution in [0.4, 0.5) is 4.79 Å². The molecule has 1 aliphatic carbocycles. The van der Waals surface area contributed by atoms with E-state index in [2.05, 4.69) is 26.6 Å². The van der Waals surface area contributed by atoms with Crippen molar-refractivity contribution in [3.63, 3.8) is 0 Å². The van der Waals surface area contributed by atoms with Crippen LogP contribution in [-0.2, 0) is 0 Å². The van der Waals surface area contributed by atoms with Gasteiger partial charge in [-0.15, -0.1) is 0 Å².